The molecule has 0 saturated heterocycles. The fraction of sp³-hybridized carbons (Fsp3) is 0.273. The number of benzene rings is 1. The minimum atomic E-state index is -0.715. The summed E-state index contributed by atoms with van der Waals surface area (Å²) in [5.74, 6) is -0.543. The Labute approximate surface area is 119 Å². The Balaban J connectivity index is 3.09. The molecule has 0 fully saturated rings. The second-order valence-electron chi connectivity index (χ2n) is 3.13. The van der Waals surface area contributed by atoms with Gasteiger partial charge in [-0.1, -0.05) is 28.4 Å². The fourth-order valence-electron chi connectivity index (χ4n) is 1.11. The van der Waals surface area contributed by atoms with E-state index in [2.05, 4.69) is 5.16 Å². The lowest BCUT2D eigenvalue weighted by molar-refractivity contribution is 0.0514. The highest BCUT2D eigenvalue weighted by atomic mass is 35.5. The van der Waals surface area contributed by atoms with E-state index in [1.54, 1.807) is 6.92 Å². The molecule has 0 saturated carbocycles. The zero-order valence-electron chi connectivity index (χ0n) is 9.99. The van der Waals surface area contributed by atoms with Crippen LogP contribution < -0.4 is 4.74 Å². The monoisotopic (exact) mass is 307 g/mol. The number of nitrogens with zero attached hydrogens (tertiary/aromatic N) is 1. The van der Waals surface area contributed by atoms with Gasteiger partial charge in [-0.05, 0) is 25.3 Å². The van der Waals surface area contributed by atoms with Crippen LogP contribution in [0.5, 0.6) is 5.75 Å². The molecule has 18 heavy (non-hydrogen) atoms. The molecule has 0 unspecified atom stereocenters. The first-order valence-corrected chi connectivity index (χ1v) is 6.81. The van der Waals surface area contributed by atoms with Crippen molar-refractivity contribution >= 4 is 46.0 Å². The van der Waals surface area contributed by atoms with Gasteiger partial charge in [0.1, 0.15) is 10.6 Å². The lowest BCUT2D eigenvalue weighted by atomic mass is 10.2. The SMILES string of the molecule is COc1c(Cl)ccc(Cl)c1C(=O)O/N=C(/C)SC. The minimum absolute atomic E-state index is 0.0596. The van der Waals surface area contributed by atoms with Crippen molar-refractivity contribution in [3.63, 3.8) is 0 Å². The molecule has 0 atom stereocenters. The van der Waals surface area contributed by atoms with Gasteiger partial charge < -0.3 is 9.57 Å². The lowest BCUT2D eigenvalue weighted by Crippen LogP contribution is -2.06. The lowest BCUT2D eigenvalue weighted by Gasteiger charge is -2.09. The molecule has 98 valence electrons. The molecule has 0 aromatic heterocycles. The van der Waals surface area contributed by atoms with Crippen LogP contribution in [0.15, 0.2) is 17.3 Å². The van der Waals surface area contributed by atoms with Gasteiger partial charge in [-0.3, -0.25) is 0 Å². The molecule has 0 spiro atoms. The summed E-state index contributed by atoms with van der Waals surface area (Å²) in [6.07, 6.45) is 1.82. The standard InChI is InChI=1S/C11H11Cl2NO3S/c1-6(18-3)14-17-11(15)9-7(12)4-5-8(13)10(9)16-2/h4-5H,1-3H3/b14-6-. The molecule has 0 aliphatic carbocycles. The van der Waals surface area contributed by atoms with Gasteiger partial charge in [0.25, 0.3) is 0 Å². The second-order valence-corrected chi connectivity index (χ2v) is 4.94. The summed E-state index contributed by atoms with van der Waals surface area (Å²) in [6.45, 7) is 1.72. The number of ether oxygens (including phenoxy) is 1. The first kappa shape index (κ1) is 15.1. The molecule has 1 aromatic rings. The zero-order chi connectivity index (χ0) is 13.7. The van der Waals surface area contributed by atoms with Gasteiger partial charge in [0, 0.05) is 0 Å². The maximum atomic E-state index is 11.9. The van der Waals surface area contributed by atoms with E-state index >= 15 is 0 Å². The predicted molar refractivity (Wildman–Crippen MR) is 75.1 cm³/mol. The third kappa shape index (κ3) is 3.54. The summed E-state index contributed by atoms with van der Waals surface area (Å²) < 4.78 is 5.04. The summed E-state index contributed by atoms with van der Waals surface area (Å²) in [5, 5.41) is 4.72. The number of hydrogen-bond donors (Lipinski definition) is 0. The number of carbonyl (C=O) groups is 1. The Kier molecular flexibility index (Phi) is 5.78. The smallest absolute Gasteiger partial charge is 0.371 e. The Morgan fingerprint density at radius 3 is 2.50 bits per heavy atom. The number of thioether (sulfide) groups is 1. The fourth-order valence-corrected chi connectivity index (χ4v) is 1.68. The molecule has 7 heteroatoms. The topological polar surface area (TPSA) is 47.9 Å². The molecule has 4 nitrogen and oxygen atoms in total. The third-order valence-electron chi connectivity index (χ3n) is 2.02. The van der Waals surface area contributed by atoms with Crippen molar-refractivity contribution < 1.29 is 14.4 Å². The number of halogens is 2. The van der Waals surface area contributed by atoms with E-state index in [-0.39, 0.29) is 21.4 Å². The largest absolute Gasteiger partial charge is 0.494 e. The van der Waals surface area contributed by atoms with Gasteiger partial charge in [-0.25, -0.2) is 4.79 Å². The Hall–Kier alpha value is -0.910. The van der Waals surface area contributed by atoms with Crippen molar-refractivity contribution in [1.29, 1.82) is 0 Å². The van der Waals surface area contributed by atoms with E-state index in [1.807, 2.05) is 6.26 Å². The summed E-state index contributed by atoms with van der Waals surface area (Å²) in [6, 6.07) is 3.03. The molecule has 0 aliphatic rings. The Morgan fingerprint density at radius 1 is 1.33 bits per heavy atom. The van der Waals surface area contributed by atoms with Crippen molar-refractivity contribution in [3.8, 4) is 5.75 Å². The van der Waals surface area contributed by atoms with Gasteiger partial charge in [-0.2, -0.15) is 0 Å². The molecule has 0 heterocycles. The van der Waals surface area contributed by atoms with Crippen molar-refractivity contribution in [1.82, 2.24) is 0 Å². The number of rotatable bonds is 3. The molecular weight excluding hydrogens is 297 g/mol. The van der Waals surface area contributed by atoms with E-state index < -0.39 is 5.97 Å². The summed E-state index contributed by atoms with van der Waals surface area (Å²) in [7, 11) is 1.39. The van der Waals surface area contributed by atoms with Gasteiger partial charge in [0.05, 0.1) is 17.2 Å². The average molecular weight is 308 g/mol. The second kappa shape index (κ2) is 6.87. The van der Waals surface area contributed by atoms with Crippen LogP contribution in [-0.4, -0.2) is 24.4 Å². The normalized spacial score (nSPS) is 11.3. The predicted octanol–water partition coefficient (Wildman–Crippen LogP) is 3.86. The van der Waals surface area contributed by atoms with E-state index in [0.29, 0.717) is 5.04 Å². The Morgan fingerprint density at radius 2 is 1.94 bits per heavy atom. The summed E-state index contributed by atoms with van der Waals surface area (Å²) in [4.78, 5) is 16.6. The molecule has 0 radical (unpaired) electrons. The minimum Gasteiger partial charge on any atom is -0.494 e. The molecule has 0 aliphatic heterocycles. The highest BCUT2D eigenvalue weighted by Gasteiger charge is 2.21. The van der Waals surface area contributed by atoms with E-state index in [4.69, 9.17) is 32.8 Å². The van der Waals surface area contributed by atoms with Gasteiger partial charge in [0.15, 0.2) is 5.75 Å². The maximum Gasteiger partial charge on any atom is 0.371 e. The number of hydrogen-bond acceptors (Lipinski definition) is 5. The van der Waals surface area contributed by atoms with Crippen molar-refractivity contribution in [2.75, 3.05) is 13.4 Å². The van der Waals surface area contributed by atoms with Gasteiger partial charge in [0.2, 0.25) is 0 Å². The molecular formula is C11H11Cl2NO3S. The highest BCUT2D eigenvalue weighted by Crippen LogP contribution is 2.34. The van der Waals surface area contributed by atoms with E-state index in [9.17, 15) is 4.79 Å². The van der Waals surface area contributed by atoms with Crippen LogP contribution in [0.1, 0.15) is 17.3 Å². The summed E-state index contributed by atoms with van der Waals surface area (Å²) in [5.41, 5.74) is 0.0596. The van der Waals surface area contributed by atoms with E-state index in [0.717, 1.165) is 0 Å². The first-order chi connectivity index (χ1) is 8.51. The first-order valence-electron chi connectivity index (χ1n) is 4.83. The number of methoxy groups -OCH3 is 1. The highest BCUT2D eigenvalue weighted by molar-refractivity contribution is 8.13. The Bertz CT molecular complexity index is 491. The number of oxime groups is 1. The molecule has 0 N–H and O–H groups in total. The van der Waals surface area contributed by atoms with Crippen LogP contribution in [0.3, 0.4) is 0 Å². The zero-order valence-corrected chi connectivity index (χ0v) is 12.3. The van der Waals surface area contributed by atoms with Crippen LogP contribution >= 0.6 is 35.0 Å². The van der Waals surface area contributed by atoms with E-state index in [1.165, 1.54) is 31.0 Å². The quantitative estimate of drug-likeness (QED) is 0.368. The molecule has 0 bridgehead atoms. The van der Waals surface area contributed by atoms with Crippen LogP contribution in [0.25, 0.3) is 0 Å². The molecule has 0 amide bonds. The van der Waals surface area contributed by atoms with Gasteiger partial charge in [-0.15, -0.1) is 11.8 Å². The van der Waals surface area contributed by atoms with Gasteiger partial charge >= 0.3 is 5.97 Å². The summed E-state index contributed by atoms with van der Waals surface area (Å²) >= 11 is 13.2. The van der Waals surface area contributed by atoms with Crippen molar-refractivity contribution in [2.24, 2.45) is 5.16 Å². The van der Waals surface area contributed by atoms with Crippen molar-refractivity contribution in [2.45, 2.75) is 6.92 Å². The van der Waals surface area contributed by atoms with Crippen molar-refractivity contribution in [3.05, 3.63) is 27.7 Å². The number of carbonyl (C=O) groups excluding carboxylic acids is 1. The maximum absolute atomic E-state index is 11.9. The third-order valence-corrected chi connectivity index (χ3v) is 3.30. The molecule has 1 aromatic carbocycles. The molecule has 1 rings (SSSR count). The van der Waals surface area contributed by atoms with Crippen LogP contribution in [-0.2, 0) is 4.84 Å². The average Bonchev–Trinajstić information content (AvgIpc) is 2.37. The van der Waals surface area contributed by atoms with Crippen LogP contribution in [0.4, 0.5) is 0 Å². The van der Waals surface area contributed by atoms with Crippen LogP contribution in [0, 0.1) is 0 Å². The van der Waals surface area contributed by atoms with Crippen LogP contribution in [0.2, 0.25) is 10.0 Å².